The summed E-state index contributed by atoms with van der Waals surface area (Å²) in [6.07, 6.45) is 3.85. The van der Waals surface area contributed by atoms with Crippen molar-refractivity contribution < 1.29 is 53.6 Å². The minimum absolute atomic E-state index is 0.127. The number of aldehydes is 1. The fraction of sp³-hybridized carbons (Fsp3) is 0.872. The standard InChI is InChI=1S/C39H62O11/c1-21(22(2)13-16-40)9-8-10-28-23(3)34(44)36-30(46-28)19-33-38(6,50-36)15-12-31(43)39(7,49-33)20-25-17-27(42)35-29(45-25)11-14-37(5)32(47-35)18-26(41)24(4)48-37/h9,13,16,23-36,41-44H,8,10-12,14-15,17-20H2,1-7H3/t23-,24-,25-,26+,27+,28+,29-,30-,31+,32-,33+,34+,35+,36-,37+,38-,39-/m1/s1. The maximum absolute atomic E-state index is 11.6. The molecule has 0 aromatic rings. The predicted octanol–water partition coefficient (Wildman–Crippen LogP) is 3.85. The van der Waals surface area contributed by atoms with Crippen molar-refractivity contribution in [2.24, 2.45) is 5.92 Å². The number of aliphatic hydroxyl groups excluding tert-OH is 4. The molecule has 17 atom stereocenters. The summed E-state index contributed by atoms with van der Waals surface area (Å²) in [6.45, 7) is 13.8. The monoisotopic (exact) mass is 706 g/mol. The summed E-state index contributed by atoms with van der Waals surface area (Å²) < 4.78 is 39.7. The Hall–Kier alpha value is -1.25. The van der Waals surface area contributed by atoms with Gasteiger partial charge in [-0.05, 0) is 91.7 Å². The zero-order valence-corrected chi connectivity index (χ0v) is 31.0. The van der Waals surface area contributed by atoms with Gasteiger partial charge in [-0.15, -0.1) is 0 Å². The average Bonchev–Trinajstić information content (AvgIpc) is 3.25. The van der Waals surface area contributed by atoms with E-state index in [1.807, 2.05) is 48.5 Å². The van der Waals surface area contributed by atoms with Gasteiger partial charge in [0.15, 0.2) is 0 Å². The molecule has 4 N–H and O–H groups in total. The Morgan fingerprint density at radius 3 is 2.24 bits per heavy atom. The van der Waals surface area contributed by atoms with Crippen molar-refractivity contribution in [2.45, 2.75) is 209 Å². The van der Waals surface area contributed by atoms with E-state index in [0.717, 1.165) is 30.3 Å². The lowest BCUT2D eigenvalue weighted by Gasteiger charge is -2.54. The van der Waals surface area contributed by atoms with Crippen molar-refractivity contribution in [1.82, 2.24) is 0 Å². The number of hydrogen-bond donors (Lipinski definition) is 4. The van der Waals surface area contributed by atoms with Crippen LogP contribution in [0.15, 0.2) is 23.3 Å². The quantitative estimate of drug-likeness (QED) is 0.174. The van der Waals surface area contributed by atoms with Gasteiger partial charge in [-0.1, -0.05) is 18.6 Å². The third kappa shape index (κ3) is 7.56. The first kappa shape index (κ1) is 38.5. The van der Waals surface area contributed by atoms with Gasteiger partial charge in [0.1, 0.15) is 18.5 Å². The first-order chi connectivity index (χ1) is 23.6. The minimum Gasteiger partial charge on any atom is -0.390 e. The Morgan fingerprint density at radius 2 is 1.50 bits per heavy atom. The Kier molecular flexibility index (Phi) is 11.4. The topological polar surface area (TPSA) is 153 Å². The lowest BCUT2D eigenvalue weighted by atomic mass is 9.78. The van der Waals surface area contributed by atoms with Crippen LogP contribution in [0, 0.1) is 5.92 Å². The van der Waals surface area contributed by atoms with Crippen LogP contribution >= 0.6 is 0 Å². The third-order valence-corrected chi connectivity index (χ3v) is 13.2. The van der Waals surface area contributed by atoms with Crippen molar-refractivity contribution in [2.75, 3.05) is 0 Å². The smallest absolute Gasteiger partial charge is 0.143 e. The van der Waals surface area contributed by atoms with Gasteiger partial charge in [0, 0.05) is 31.6 Å². The second-order valence-corrected chi connectivity index (χ2v) is 17.0. The van der Waals surface area contributed by atoms with E-state index in [2.05, 4.69) is 6.08 Å². The van der Waals surface area contributed by atoms with E-state index in [4.69, 9.17) is 28.4 Å². The molecule has 6 aliphatic heterocycles. The maximum Gasteiger partial charge on any atom is 0.143 e. The summed E-state index contributed by atoms with van der Waals surface area (Å²) in [5.41, 5.74) is -0.285. The van der Waals surface area contributed by atoms with E-state index in [1.54, 1.807) is 6.08 Å². The van der Waals surface area contributed by atoms with E-state index in [9.17, 15) is 25.2 Å². The molecule has 11 nitrogen and oxygen atoms in total. The summed E-state index contributed by atoms with van der Waals surface area (Å²) in [7, 11) is 0. The van der Waals surface area contributed by atoms with Gasteiger partial charge < -0.3 is 48.8 Å². The number of ether oxygens (including phenoxy) is 6. The molecule has 6 fully saturated rings. The van der Waals surface area contributed by atoms with Gasteiger partial charge in [0.25, 0.3) is 0 Å². The van der Waals surface area contributed by atoms with Crippen LogP contribution in [-0.4, -0.2) is 123 Å². The summed E-state index contributed by atoms with van der Waals surface area (Å²) in [4.78, 5) is 10.9. The molecule has 0 amide bonds. The van der Waals surface area contributed by atoms with E-state index < -0.39 is 53.4 Å². The number of allylic oxidation sites excluding steroid dienone is 4. The van der Waals surface area contributed by atoms with Gasteiger partial charge >= 0.3 is 0 Å². The van der Waals surface area contributed by atoms with E-state index >= 15 is 0 Å². The molecule has 0 spiro atoms. The zero-order valence-electron chi connectivity index (χ0n) is 31.0. The van der Waals surface area contributed by atoms with Gasteiger partial charge in [0.2, 0.25) is 0 Å². The highest BCUT2D eigenvalue weighted by Crippen LogP contribution is 2.48. The fourth-order valence-electron chi connectivity index (χ4n) is 9.55. The van der Waals surface area contributed by atoms with E-state index in [0.29, 0.717) is 51.4 Å². The second-order valence-electron chi connectivity index (χ2n) is 17.0. The van der Waals surface area contributed by atoms with Crippen LogP contribution in [-0.2, 0) is 33.2 Å². The van der Waals surface area contributed by atoms with E-state index in [1.165, 1.54) is 0 Å². The molecule has 0 aliphatic carbocycles. The molecule has 50 heavy (non-hydrogen) atoms. The SMILES string of the molecule is CC(=CC=O)C(C)=CCC[C@@H]1O[C@@H]2C[C@@H]3O[C@](C)(C[C@H]4C[C@H](O)[C@@H]5O[C@@H]6C[C@H](O)[C@@H](C)O[C@@]6(C)CC[C@H]5O4)[C@@H](O)CC[C@@]3(C)O[C@H]2[C@@H](O)[C@@H]1C. The van der Waals surface area contributed by atoms with Gasteiger partial charge in [-0.25, -0.2) is 0 Å². The molecular formula is C39H62O11. The van der Waals surface area contributed by atoms with Crippen LogP contribution in [0.5, 0.6) is 0 Å². The van der Waals surface area contributed by atoms with Crippen molar-refractivity contribution in [3.05, 3.63) is 23.3 Å². The molecule has 0 saturated carbocycles. The van der Waals surface area contributed by atoms with Crippen LogP contribution in [0.1, 0.15) is 113 Å². The summed E-state index contributed by atoms with van der Waals surface area (Å²) >= 11 is 0. The van der Waals surface area contributed by atoms with E-state index in [-0.39, 0.29) is 48.6 Å². The average molecular weight is 707 g/mol. The molecule has 0 aromatic heterocycles. The fourth-order valence-corrected chi connectivity index (χ4v) is 9.55. The summed E-state index contributed by atoms with van der Waals surface area (Å²) in [5, 5.41) is 45.0. The number of rotatable bonds is 7. The Bertz CT molecular complexity index is 1270. The number of aliphatic hydroxyl groups is 4. The minimum atomic E-state index is -0.973. The highest BCUT2D eigenvalue weighted by molar-refractivity contribution is 5.67. The molecule has 284 valence electrons. The largest absolute Gasteiger partial charge is 0.390 e. The van der Waals surface area contributed by atoms with Crippen LogP contribution < -0.4 is 0 Å². The normalized spacial score (nSPS) is 51.7. The third-order valence-electron chi connectivity index (χ3n) is 13.2. The Labute approximate surface area is 297 Å². The van der Waals surface area contributed by atoms with Gasteiger partial charge in [0.05, 0.1) is 83.9 Å². The first-order valence-electron chi connectivity index (χ1n) is 19.1. The van der Waals surface area contributed by atoms with Gasteiger partial charge in [-0.3, -0.25) is 4.79 Å². The molecule has 0 bridgehead atoms. The molecule has 0 radical (unpaired) electrons. The van der Waals surface area contributed by atoms with Gasteiger partial charge in [-0.2, -0.15) is 0 Å². The van der Waals surface area contributed by atoms with Crippen LogP contribution in [0.2, 0.25) is 0 Å². The van der Waals surface area contributed by atoms with Crippen molar-refractivity contribution in [3.8, 4) is 0 Å². The molecule has 11 heteroatoms. The number of carbonyl (C=O) groups is 1. The molecule has 0 aromatic carbocycles. The van der Waals surface area contributed by atoms with Crippen LogP contribution in [0.3, 0.4) is 0 Å². The summed E-state index contributed by atoms with van der Waals surface area (Å²) in [5.74, 6) is -0.127. The highest BCUT2D eigenvalue weighted by Gasteiger charge is 2.58. The van der Waals surface area contributed by atoms with Crippen molar-refractivity contribution in [3.63, 3.8) is 0 Å². The lowest BCUT2D eigenvalue weighted by molar-refractivity contribution is -0.312. The van der Waals surface area contributed by atoms with Crippen LogP contribution in [0.4, 0.5) is 0 Å². The highest BCUT2D eigenvalue weighted by atomic mass is 16.6. The number of fused-ring (bicyclic) bond motifs is 4. The molecule has 6 heterocycles. The van der Waals surface area contributed by atoms with Crippen LogP contribution in [0.25, 0.3) is 0 Å². The molecule has 6 aliphatic rings. The molecular weight excluding hydrogens is 644 g/mol. The number of carbonyl (C=O) groups excluding carboxylic acids is 1. The first-order valence-corrected chi connectivity index (χ1v) is 19.1. The Morgan fingerprint density at radius 1 is 0.780 bits per heavy atom. The molecule has 6 saturated heterocycles. The van der Waals surface area contributed by atoms with Crippen molar-refractivity contribution in [1.29, 1.82) is 0 Å². The second kappa shape index (κ2) is 14.9. The molecule has 6 rings (SSSR count). The maximum atomic E-state index is 11.6. The Balaban J connectivity index is 1.12. The summed E-state index contributed by atoms with van der Waals surface area (Å²) in [6, 6.07) is 0. The lowest BCUT2D eigenvalue weighted by Crippen LogP contribution is -2.65. The predicted molar refractivity (Wildman–Crippen MR) is 184 cm³/mol. The van der Waals surface area contributed by atoms with Crippen molar-refractivity contribution >= 4 is 6.29 Å². The zero-order chi connectivity index (χ0) is 36.2. The molecule has 0 unspecified atom stereocenters. The number of hydrogen-bond acceptors (Lipinski definition) is 11.